The molecule has 1 amide bonds. The average molecular weight is 544 g/mol. The Morgan fingerprint density at radius 1 is 0.833 bits per heavy atom. The number of piperazine rings is 1. The summed E-state index contributed by atoms with van der Waals surface area (Å²) in [5.74, 6) is 0.0201. The van der Waals surface area contributed by atoms with Crippen LogP contribution in [0.2, 0.25) is 15.1 Å². The molecular formula is C29H29Cl3N2O2. The average Bonchev–Trinajstić information content (AvgIpc) is 2.90. The number of carbonyl (C=O) groups excluding carboxylic acids is 1. The molecule has 0 aromatic heterocycles. The van der Waals surface area contributed by atoms with Crippen molar-refractivity contribution in [2.75, 3.05) is 39.3 Å². The van der Waals surface area contributed by atoms with E-state index in [9.17, 15) is 4.79 Å². The zero-order valence-corrected chi connectivity index (χ0v) is 22.2. The van der Waals surface area contributed by atoms with Crippen molar-refractivity contribution in [1.82, 2.24) is 9.80 Å². The molecule has 0 atom stereocenters. The first-order valence-corrected chi connectivity index (χ1v) is 13.2. The SMILES string of the molecule is O=C(/C=C/c1ccccc1Cl)N1CCN(CCCOC(c2ccc(Cl)cc2)c2ccc(Cl)cc2)CC1. The van der Waals surface area contributed by atoms with Gasteiger partial charge in [-0.05, 0) is 59.5 Å². The van der Waals surface area contributed by atoms with E-state index in [2.05, 4.69) is 4.90 Å². The highest BCUT2D eigenvalue weighted by Crippen LogP contribution is 2.28. The van der Waals surface area contributed by atoms with Crippen molar-refractivity contribution in [2.45, 2.75) is 12.5 Å². The summed E-state index contributed by atoms with van der Waals surface area (Å²) in [6.45, 7) is 4.67. The summed E-state index contributed by atoms with van der Waals surface area (Å²) in [7, 11) is 0. The van der Waals surface area contributed by atoms with Gasteiger partial charge < -0.3 is 9.64 Å². The summed E-state index contributed by atoms with van der Waals surface area (Å²) in [6, 6.07) is 23.0. The molecule has 3 aromatic carbocycles. The van der Waals surface area contributed by atoms with Crippen LogP contribution in [0.3, 0.4) is 0 Å². The summed E-state index contributed by atoms with van der Waals surface area (Å²) in [5, 5.41) is 2.04. The minimum absolute atomic E-state index is 0.0201. The van der Waals surface area contributed by atoms with E-state index in [1.165, 1.54) is 0 Å². The van der Waals surface area contributed by atoms with Crippen LogP contribution in [0.25, 0.3) is 6.08 Å². The van der Waals surface area contributed by atoms with Gasteiger partial charge in [-0.2, -0.15) is 0 Å². The summed E-state index contributed by atoms with van der Waals surface area (Å²) < 4.78 is 6.33. The molecule has 7 heteroatoms. The molecule has 0 bridgehead atoms. The van der Waals surface area contributed by atoms with Crippen molar-refractivity contribution in [3.63, 3.8) is 0 Å². The molecule has 1 aliphatic heterocycles. The smallest absolute Gasteiger partial charge is 0.246 e. The molecular weight excluding hydrogens is 515 g/mol. The lowest BCUT2D eigenvalue weighted by Crippen LogP contribution is -2.48. The fourth-order valence-electron chi connectivity index (χ4n) is 4.22. The highest BCUT2D eigenvalue weighted by Gasteiger charge is 2.20. The van der Waals surface area contributed by atoms with Gasteiger partial charge in [-0.3, -0.25) is 9.69 Å². The Morgan fingerprint density at radius 2 is 1.42 bits per heavy atom. The second kappa shape index (κ2) is 13.3. The van der Waals surface area contributed by atoms with Gasteiger partial charge in [0.2, 0.25) is 5.91 Å². The molecule has 1 fully saturated rings. The van der Waals surface area contributed by atoms with Crippen molar-refractivity contribution >= 4 is 46.8 Å². The van der Waals surface area contributed by atoms with E-state index in [1.807, 2.05) is 77.7 Å². The molecule has 1 aliphatic rings. The second-order valence-electron chi connectivity index (χ2n) is 8.73. The third-order valence-corrected chi connectivity index (χ3v) is 7.09. The number of hydrogen-bond acceptors (Lipinski definition) is 3. The van der Waals surface area contributed by atoms with Gasteiger partial charge in [0.05, 0.1) is 0 Å². The maximum atomic E-state index is 12.6. The van der Waals surface area contributed by atoms with Crippen molar-refractivity contribution < 1.29 is 9.53 Å². The van der Waals surface area contributed by atoms with E-state index in [1.54, 1.807) is 12.2 Å². The van der Waals surface area contributed by atoms with E-state index in [4.69, 9.17) is 39.5 Å². The van der Waals surface area contributed by atoms with Crippen LogP contribution in [0.1, 0.15) is 29.2 Å². The number of rotatable bonds is 9. The quantitative estimate of drug-likeness (QED) is 0.215. The summed E-state index contributed by atoms with van der Waals surface area (Å²) in [5.41, 5.74) is 2.96. The van der Waals surface area contributed by atoms with E-state index in [-0.39, 0.29) is 12.0 Å². The monoisotopic (exact) mass is 542 g/mol. The van der Waals surface area contributed by atoms with Crippen LogP contribution in [0.5, 0.6) is 0 Å². The lowest BCUT2D eigenvalue weighted by Gasteiger charge is -2.34. The van der Waals surface area contributed by atoms with Gasteiger partial charge in [0, 0.05) is 60.5 Å². The first-order chi connectivity index (χ1) is 17.5. The Hall–Kier alpha value is -2.34. The first-order valence-electron chi connectivity index (χ1n) is 12.1. The van der Waals surface area contributed by atoms with Gasteiger partial charge in [0.25, 0.3) is 0 Å². The highest BCUT2D eigenvalue weighted by atomic mass is 35.5. The van der Waals surface area contributed by atoms with Gasteiger partial charge in [-0.25, -0.2) is 0 Å². The third kappa shape index (κ3) is 7.58. The fourth-order valence-corrected chi connectivity index (χ4v) is 4.67. The minimum atomic E-state index is -0.182. The molecule has 0 N–H and O–H groups in total. The zero-order chi connectivity index (χ0) is 25.3. The van der Waals surface area contributed by atoms with E-state index < -0.39 is 0 Å². The number of benzene rings is 3. The maximum Gasteiger partial charge on any atom is 0.246 e. The van der Waals surface area contributed by atoms with Gasteiger partial charge in [-0.15, -0.1) is 0 Å². The molecule has 0 saturated carbocycles. The molecule has 0 spiro atoms. The Kier molecular flexibility index (Phi) is 9.85. The van der Waals surface area contributed by atoms with E-state index in [0.717, 1.165) is 42.7 Å². The third-order valence-electron chi connectivity index (χ3n) is 6.24. The number of amides is 1. The fraction of sp³-hybridized carbons (Fsp3) is 0.276. The van der Waals surface area contributed by atoms with Crippen LogP contribution in [-0.2, 0) is 9.53 Å². The minimum Gasteiger partial charge on any atom is -0.369 e. The normalized spacial score (nSPS) is 14.6. The van der Waals surface area contributed by atoms with Crippen LogP contribution >= 0.6 is 34.8 Å². The molecule has 0 aliphatic carbocycles. The largest absolute Gasteiger partial charge is 0.369 e. The highest BCUT2D eigenvalue weighted by molar-refractivity contribution is 6.32. The van der Waals surface area contributed by atoms with Crippen molar-refractivity contribution in [3.8, 4) is 0 Å². The molecule has 4 nitrogen and oxygen atoms in total. The molecule has 3 aromatic rings. The zero-order valence-electron chi connectivity index (χ0n) is 20.0. The number of halogens is 3. The molecule has 1 heterocycles. The molecule has 4 rings (SSSR count). The van der Waals surface area contributed by atoms with Crippen molar-refractivity contribution in [3.05, 3.63) is 111 Å². The Labute approximate surface area is 228 Å². The lowest BCUT2D eigenvalue weighted by atomic mass is 10.0. The van der Waals surface area contributed by atoms with Gasteiger partial charge >= 0.3 is 0 Å². The predicted molar refractivity (Wildman–Crippen MR) is 149 cm³/mol. The maximum absolute atomic E-state index is 12.6. The van der Waals surface area contributed by atoms with Crippen LogP contribution in [0.15, 0.2) is 78.9 Å². The number of nitrogens with zero attached hydrogens (tertiary/aromatic N) is 2. The lowest BCUT2D eigenvalue weighted by molar-refractivity contribution is -0.127. The number of carbonyl (C=O) groups is 1. The van der Waals surface area contributed by atoms with Crippen LogP contribution < -0.4 is 0 Å². The summed E-state index contributed by atoms with van der Waals surface area (Å²) >= 11 is 18.3. The standard InChI is InChI=1S/C29H29Cl3N2O2/c30-25-11-6-23(7-12-25)29(24-8-13-26(31)14-9-24)36-21-3-16-33-17-19-34(20-18-33)28(35)15-10-22-4-1-2-5-27(22)32/h1-2,4-15,29H,3,16-21H2/b15-10+. The predicted octanol–water partition coefficient (Wildman–Crippen LogP) is 7.00. The number of ether oxygens (including phenoxy) is 1. The van der Waals surface area contributed by atoms with Gasteiger partial charge in [0.15, 0.2) is 0 Å². The van der Waals surface area contributed by atoms with E-state index >= 15 is 0 Å². The molecule has 1 saturated heterocycles. The molecule has 188 valence electrons. The van der Waals surface area contributed by atoms with Crippen LogP contribution in [-0.4, -0.2) is 55.0 Å². The molecule has 36 heavy (non-hydrogen) atoms. The second-order valence-corrected chi connectivity index (χ2v) is 10.0. The van der Waals surface area contributed by atoms with Crippen molar-refractivity contribution in [2.24, 2.45) is 0 Å². The Morgan fingerprint density at radius 3 is 2.00 bits per heavy atom. The summed E-state index contributed by atoms with van der Waals surface area (Å²) in [6.07, 6.45) is 4.11. The Balaban J connectivity index is 1.24. The van der Waals surface area contributed by atoms with Crippen LogP contribution in [0, 0.1) is 0 Å². The van der Waals surface area contributed by atoms with Crippen molar-refractivity contribution in [1.29, 1.82) is 0 Å². The molecule has 0 unspecified atom stereocenters. The Bertz CT molecular complexity index is 1110. The topological polar surface area (TPSA) is 32.8 Å². The van der Waals surface area contributed by atoms with Crippen LogP contribution in [0.4, 0.5) is 0 Å². The molecule has 0 radical (unpaired) electrons. The summed E-state index contributed by atoms with van der Waals surface area (Å²) in [4.78, 5) is 16.8. The first kappa shape index (κ1) is 26.7. The van der Waals surface area contributed by atoms with Gasteiger partial charge in [0.1, 0.15) is 6.10 Å². The number of hydrogen-bond donors (Lipinski definition) is 0. The van der Waals surface area contributed by atoms with Gasteiger partial charge in [-0.1, -0.05) is 77.3 Å². The van der Waals surface area contributed by atoms with E-state index in [0.29, 0.717) is 34.8 Å².